The fourth-order valence-electron chi connectivity index (χ4n) is 3.17. The van der Waals surface area contributed by atoms with Crippen molar-refractivity contribution >= 4 is 18.2 Å². The van der Waals surface area contributed by atoms with Crippen molar-refractivity contribution in [1.82, 2.24) is 0 Å². The van der Waals surface area contributed by atoms with Crippen molar-refractivity contribution in [3.05, 3.63) is 35.9 Å². The molecule has 5 nitrogen and oxygen atoms in total. The molecule has 2 atom stereocenters. The summed E-state index contributed by atoms with van der Waals surface area (Å²) >= 11 is 0. The van der Waals surface area contributed by atoms with Gasteiger partial charge < -0.3 is 14.6 Å². The average molecular weight is 362 g/mol. The van der Waals surface area contributed by atoms with E-state index in [1.807, 2.05) is 37.3 Å². The first kappa shape index (κ1) is 21.9. The first-order chi connectivity index (χ1) is 12.1. The van der Waals surface area contributed by atoms with Gasteiger partial charge in [0.15, 0.2) is 0 Å². The Bertz CT molecular complexity index is 603. The van der Waals surface area contributed by atoms with E-state index in [-0.39, 0.29) is 18.8 Å². The van der Waals surface area contributed by atoms with Gasteiger partial charge in [-0.1, -0.05) is 37.3 Å². The summed E-state index contributed by atoms with van der Waals surface area (Å²) in [6, 6.07) is 9.54. The van der Waals surface area contributed by atoms with Crippen LogP contribution < -0.4 is 0 Å². The maximum atomic E-state index is 12.4. The summed E-state index contributed by atoms with van der Waals surface area (Å²) in [5, 5.41) is 8.88. The van der Waals surface area contributed by atoms with Crippen molar-refractivity contribution in [3.63, 3.8) is 0 Å². The van der Waals surface area contributed by atoms with Gasteiger partial charge in [0.05, 0.1) is 6.42 Å². The third kappa shape index (κ3) is 8.28. The van der Waals surface area contributed by atoms with Gasteiger partial charge in [-0.3, -0.25) is 9.59 Å². The number of carboxylic acid groups (broad SMARTS) is 1. The fraction of sp³-hybridized carbons (Fsp3) is 0.571. The Kier molecular flexibility index (Phi) is 8.00. The minimum atomic E-state index is -0.901. The standard InChI is InChI=1S/C21H30O5/c1-16(10-11-18(23)24)12-21(15-22,13-17-8-6-5-7-9-17)14-19(25)26-20(2,3)4/h5-9,15-16H,10-14H2,1-4H3,(H,23,24)/t16?,21-/m1/s1. The number of hydrogen-bond donors (Lipinski definition) is 1. The van der Waals surface area contributed by atoms with Crippen LogP contribution in [0.3, 0.4) is 0 Å². The van der Waals surface area contributed by atoms with E-state index in [9.17, 15) is 14.4 Å². The van der Waals surface area contributed by atoms with Gasteiger partial charge >= 0.3 is 11.9 Å². The van der Waals surface area contributed by atoms with Crippen molar-refractivity contribution in [3.8, 4) is 0 Å². The highest BCUT2D eigenvalue weighted by atomic mass is 16.6. The molecular formula is C21H30O5. The SMILES string of the molecule is CC(CCC(=O)O)C[C@](C=O)(CC(=O)OC(C)(C)C)Cc1ccccc1. The number of ether oxygens (including phenoxy) is 1. The quantitative estimate of drug-likeness (QED) is 0.502. The molecule has 1 aromatic carbocycles. The second kappa shape index (κ2) is 9.51. The number of esters is 1. The number of rotatable bonds is 10. The highest BCUT2D eigenvalue weighted by Crippen LogP contribution is 2.35. The van der Waals surface area contributed by atoms with Crippen molar-refractivity contribution < 1.29 is 24.2 Å². The number of hydrogen-bond acceptors (Lipinski definition) is 4. The van der Waals surface area contributed by atoms with Gasteiger partial charge in [-0.2, -0.15) is 0 Å². The lowest BCUT2D eigenvalue weighted by atomic mass is 9.73. The number of aliphatic carboxylic acids is 1. The molecule has 0 aliphatic carbocycles. The minimum Gasteiger partial charge on any atom is -0.481 e. The lowest BCUT2D eigenvalue weighted by Gasteiger charge is -2.31. The first-order valence-electron chi connectivity index (χ1n) is 8.99. The maximum absolute atomic E-state index is 12.4. The number of carbonyl (C=O) groups is 3. The van der Waals surface area contributed by atoms with Crippen LogP contribution in [0.5, 0.6) is 0 Å². The summed E-state index contributed by atoms with van der Waals surface area (Å²) in [7, 11) is 0. The van der Waals surface area contributed by atoms with Crippen LogP contribution in [-0.4, -0.2) is 28.9 Å². The third-order valence-electron chi connectivity index (χ3n) is 4.17. The summed E-state index contributed by atoms with van der Waals surface area (Å²) in [6.45, 7) is 7.29. The van der Waals surface area contributed by atoms with Crippen LogP contribution in [0, 0.1) is 11.3 Å². The second-order valence-electron chi connectivity index (χ2n) is 8.15. The predicted molar refractivity (Wildman–Crippen MR) is 99.8 cm³/mol. The van der Waals surface area contributed by atoms with Gasteiger partial charge in [-0.15, -0.1) is 0 Å². The van der Waals surface area contributed by atoms with E-state index in [0.717, 1.165) is 11.8 Å². The second-order valence-corrected chi connectivity index (χ2v) is 8.15. The van der Waals surface area contributed by atoms with Crippen molar-refractivity contribution in [1.29, 1.82) is 0 Å². The minimum absolute atomic E-state index is 0.00227. The number of carbonyl (C=O) groups excluding carboxylic acids is 2. The third-order valence-corrected chi connectivity index (χ3v) is 4.17. The van der Waals surface area contributed by atoms with Crippen molar-refractivity contribution in [2.45, 2.75) is 65.4 Å². The van der Waals surface area contributed by atoms with E-state index in [1.54, 1.807) is 20.8 Å². The molecule has 0 saturated heterocycles. The Labute approximate surface area is 155 Å². The van der Waals surface area contributed by atoms with Crippen LogP contribution >= 0.6 is 0 Å². The van der Waals surface area contributed by atoms with Gasteiger partial charge in [0.25, 0.3) is 0 Å². The lowest BCUT2D eigenvalue weighted by molar-refractivity contribution is -0.159. The van der Waals surface area contributed by atoms with E-state index in [2.05, 4.69) is 0 Å². The highest BCUT2D eigenvalue weighted by Gasteiger charge is 2.36. The summed E-state index contributed by atoms with van der Waals surface area (Å²) in [4.78, 5) is 35.3. The van der Waals surface area contributed by atoms with Crippen LogP contribution in [0.4, 0.5) is 0 Å². The Morgan fingerprint density at radius 2 is 1.81 bits per heavy atom. The molecule has 1 unspecified atom stereocenters. The normalized spacial score (nSPS) is 14.9. The zero-order valence-electron chi connectivity index (χ0n) is 16.2. The molecule has 144 valence electrons. The molecule has 0 fully saturated rings. The van der Waals surface area contributed by atoms with Gasteiger partial charge in [-0.05, 0) is 51.5 Å². The Balaban J connectivity index is 2.98. The van der Waals surface area contributed by atoms with Crippen LogP contribution in [0.1, 0.15) is 58.9 Å². The largest absolute Gasteiger partial charge is 0.481 e. The summed E-state index contributed by atoms with van der Waals surface area (Å²) < 4.78 is 5.42. The molecule has 0 saturated carbocycles. The summed E-state index contributed by atoms with van der Waals surface area (Å²) in [6.07, 6.45) is 2.22. The first-order valence-corrected chi connectivity index (χ1v) is 8.99. The molecule has 1 rings (SSSR count). The predicted octanol–water partition coefficient (Wildman–Crippen LogP) is 4.04. The van der Waals surface area contributed by atoms with Crippen molar-refractivity contribution in [2.75, 3.05) is 0 Å². The smallest absolute Gasteiger partial charge is 0.307 e. The molecule has 0 aliphatic rings. The van der Waals surface area contributed by atoms with Crippen molar-refractivity contribution in [2.24, 2.45) is 11.3 Å². The van der Waals surface area contributed by atoms with E-state index >= 15 is 0 Å². The number of benzene rings is 1. The molecule has 0 heterocycles. The Morgan fingerprint density at radius 1 is 1.19 bits per heavy atom. The zero-order chi connectivity index (χ0) is 19.8. The highest BCUT2D eigenvalue weighted by molar-refractivity contribution is 5.76. The van der Waals surface area contributed by atoms with Crippen LogP contribution in [0.25, 0.3) is 0 Å². The number of aldehydes is 1. The molecule has 0 spiro atoms. The maximum Gasteiger partial charge on any atom is 0.307 e. The van der Waals surface area contributed by atoms with Crippen LogP contribution in [0.15, 0.2) is 30.3 Å². The van der Waals surface area contributed by atoms with Crippen LogP contribution in [-0.2, 0) is 25.5 Å². The molecule has 0 bridgehead atoms. The molecule has 0 aliphatic heterocycles. The molecule has 0 amide bonds. The molecule has 1 aromatic rings. The molecule has 1 N–H and O–H groups in total. The van der Waals surface area contributed by atoms with E-state index < -0.39 is 23.0 Å². The molecular weight excluding hydrogens is 332 g/mol. The Hall–Kier alpha value is -2.17. The summed E-state index contributed by atoms with van der Waals surface area (Å²) in [5.41, 5.74) is -0.553. The zero-order valence-corrected chi connectivity index (χ0v) is 16.2. The molecule has 26 heavy (non-hydrogen) atoms. The number of carboxylic acids is 1. The topological polar surface area (TPSA) is 80.7 Å². The van der Waals surface area contributed by atoms with Gasteiger partial charge in [-0.25, -0.2) is 0 Å². The van der Waals surface area contributed by atoms with E-state index in [1.165, 1.54) is 0 Å². The van der Waals surface area contributed by atoms with Crippen LogP contribution in [0.2, 0.25) is 0 Å². The van der Waals surface area contributed by atoms with E-state index in [4.69, 9.17) is 9.84 Å². The fourth-order valence-corrected chi connectivity index (χ4v) is 3.17. The monoisotopic (exact) mass is 362 g/mol. The average Bonchev–Trinajstić information content (AvgIpc) is 2.51. The molecule has 0 aromatic heterocycles. The van der Waals surface area contributed by atoms with Gasteiger partial charge in [0.1, 0.15) is 11.9 Å². The van der Waals surface area contributed by atoms with Gasteiger partial charge in [0, 0.05) is 11.8 Å². The lowest BCUT2D eigenvalue weighted by Crippen LogP contribution is -2.34. The van der Waals surface area contributed by atoms with E-state index in [0.29, 0.717) is 19.3 Å². The molecule has 5 heteroatoms. The van der Waals surface area contributed by atoms with Gasteiger partial charge in [0.2, 0.25) is 0 Å². The Morgan fingerprint density at radius 3 is 2.31 bits per heavy atom. The summed E-state index contributed by atoms with van der Waals surface area (Å²) in [5.74, 6) is -1.27. The molecule has 0 radical (unpaired) electrons.